The topological polar surface area (TPSA) is 71.6 Å². The first-order valence-corrected chi connectivity index (χ1v) is 5.18. The molecule has 0 aliphatic rings. The number of rotatable bonds is 3. The van der Waals surface area contributed by atoms with Crippen molar-refractivity contribution in [3.8, 4) is 11.9 Å². The molecule has 17 heavy (non-hydrogen) atoms. The summed E-state index contributed by atoms with van der Waals surface area (Å²) in [5.41, 5.74) is 1.81. The molecule has 84 valence electrons. The number of aryl methyl sites for hydroxylation is 1. The van der Waals surface area contributed by atoms with E-state index in [2.05, 4.69) is 16.2 Å². The van der Waals surface area contributed by atoms with Crippen molar-refractivity contribution in [1.82, 2.24) is 14.8 Å². The zero-order chi connectivity index (χ0) is 12.3. The Kier molecular flexibility index (Phi) is 2.97. The van der Waals surface area contributed by atoms with Crippen LogP contribution in [0.5, 0.6) is 0 Å². The minimum Gasteiger partial charge on any atom is -0.298 e. The Morgan fingerprint density at radius 2 is 2.35 bits per heavy atom. The second kappa shape index (κ2) is 4.58. The van der Waals surface area contributed by atoms with Gasteiger partial charge in [-0.15, -0.1) is 0 Å². The molecule has 2 aromatic rings. The third-order valence-corrected chi connectivity index (χ3v) is 2.39. The zero-order valence-electron chi connectivity index (χ0n) is 9.29. The normalized spacial score (nSPS) is 9.88. The van der Waals surface area contributed by atoms with Gasteiger partial charge in [0.25, 0.3) is 0 Å². The molecule has 0 saturated heterocycles. The van der Waals surface area contributed by atoms with Crippen LogP contribution in [-0.4, -0.2) is 21.1 Å². The molecule has 0 N–H and O–H groups in total. The minimum absolute atomic E-state index is 0.511. The van der Waals surface area contributed by atoms with E-state index in [-0.39, 0.29) is 0 Å². The van der Waals surface area contributed by atoms with E-state index in [0.29, 0.717) is 23.4 Å². The van der Waals surface area contributed by atoms with Gasteiger partial charge < -0.3 is 0 Å². The van der Waals surface area contributed by atoms with E-state index in [9.17, 15) is 4.79 Å². The van der Waals surface area contributed by atoms with Crippen LogP contribution in [0, 0.1) is 11.3 Å². The van der Waals surface area contributed by atoms with Crippen molar-refractivity contribution < 1.29 is 4.79 Å². The number of carbonyl (C=O) groups is 1. The summed E-state index contributed by atoms with van der Waals surface area (Å²) in [5, 5.41) is 13.2. The average molecular weight is 226 g/mol. The molecule has 0 aliphatic heterocycles. The van der Waals surface area contributed by atoms with E-state index in [4.69, 9.17) is 5.26 Å². The molecule has 5 heteroatoms. The van der Waals surface area contributed by atoms with E-state index >= 15 is 0 Å². The van der Waals surface area contributed by atoms with Gasteiger partial charge in [0.1, 0.15) is 6.07 Å². The fourth-order valence-corrected chi connectivity index (χ4v) is 1.48. The summed E-state index contributed by atoms with van der Waals surface area (Å²) in [4.78, 5) is 14.6. The quantitative estimate of drug-likeness (QED) is 0.744. The molecule has 0 saturated carbocycles. The number of hydrogen-bond donors (Lipinski definition) is 0. The summed E-state index contributed by atoms with van der Waals surface area (Å²) in [6.45, 7) is 1.94. The van der Waals surface area contributed by atoms with Crippen LogP contribution in [0.3, 0.4) is 0 Å². The first-order chi connectivity index (χ1) is 8.28. The summed E-state index contributed by atoms with van der Waals surface area (Å²) in [6, 6.07) is 5.45. The average Bonchev–Trinajstić information content (AvgIpc) is 2.82. The Labute approximate surface area is 98.3 Å². The van der Waals surface area contributed by atoms with Crippen LogP contribution in [0.15, 0.2) is 24.5 Å². The maximum absolute atomic E-state index is 10.5. The Hall–Kier alpha value is -2.48. The van der Waals surface area contributed by atoms with E-state index in [1.54, 1.807) is 23.0 Å². The fourth-order valence-electron chi connectivity index (χ4n) is 1.48. The lowest BCUT2D eigenvalue weighted by Crippen LogP contribution is -1.99. The summed E-state index contributed by atoms with van der Waals surface area (Å²) in [5.74, 6) is 0.590. The van der Waals surface area contributed by atoms with Crippen LogP contribution in [0.4, 0.5) is 0 Å². The van der Waals surface area contributed by atoms with Crippen LogP contribution in [0.25, 0.3) is 5.82 Å². The smallest absolute Gasteiger partial charge is 0.153 e. The standard InChI is InChI=1S/C12H10N4O/c1-2-11-10(5-13)7-16(15-11)12-4-3-9(8-17)6-14-12/h3-4,6-8H,2H2,1H3. The van der Waals surface area contributed by atoms with Crippen molar-refractivity contribution in [1.29, 1.82) is 5.26 Å². The lowest BCUT2D eigenvalue weighted by atomic mass is 10.2. The molecule has 0 aromatic carbocycles. The van der Waals surface area contributed by atoms with Crippen LogP contribution in [0.2, 0.25) is 0 Å². The maximum atomic E-state index is 10.5. The molecule has 0 unspecified atom stereocenters. The molecule has 0 amide bonds. The van der Waals surface area contributed by atoms with Crippen LogP contribution < -0.4 is 0 Å². The van der Waals surface area contributed by atoms with Crippen molar-refractivity contribution in [3.05, 3.63) is 41.3 Å². The monoisotopic (exact) mass is 226 g/mol. The molecule has 0 fully saturated rings. The van der Waals surface area contributed by atoms with Crippen LogP contribution >= 0.6 is 0 Å². The van der Waals surface area contributed by atoms with Gasteiger partial charge in [0.2, 0.25) is 0 Å². The maximum Gasteiger partial charge on any atom is 0.153 e. The van der Waals surface area contributed by atoms with Crippen molar-refractivity contribution in [3.63, 3.8) is 0 Å². The molecular weight excluding hydrogens is 216 g/mol. The SMILES string of the molecule is CCc1nn(-c2ccc(C=O)cn2)cc1C#N. The number of pyridine rings is 1. The number of aldehydes is 1. The van der Waals surface area contributed by atoms with Gasteiger partial charge >= 0.3 is 0 Å². The largest absolute Gasteiger partial charge is 0.298 e. The Bertz CT molecular complexity index is 578. The van der Waals surface area contributed by atoms with Gasteiger partial charge in [-0.1, -0.05) is 6.92 Å². The molecule has 0 spiro atoms. The molecule has 0 aliphatic carbocycles. The molecule has 2 heterocycles. The van der Waals surface area contributed by atoms with E-state index < -0.39 is 0 Å². The van der Waals surface area contributed by atoms with Gasteiger partial charge in [0.05, 0.1) is 17.5 Å². The predicted octanol–water partition coefficient (Wildman–Crippen LogP) is 1.51. The predicted molar refractivity (Wildman–Crippen MR) is 60.8 cm³/mol. The highest BCUT2D eigenvalue weighted by atomic mass is 16.1. The van der Waals surface area contributed by atoms with Crippen molar-refractivity contribution in [2.75, 3.05) is 0 Å². The molecule has 0 radical (unpaired) electrons. The number of aromatic nitrogens is 3. The number of nitriles is 1. The van der Waals surface area contributed by atoms with Crippen molar-refractivity contribution in [2.45, 2.75) is 13.3 Å². The Balaban J connectivity index is 2.42. The lowest BCUT2D eigenvalue weighted by molar-refractivity contribution is 0.112. The molecule has 2 rings (SSSR count). The van der Waals surface area contributed by atoms with Gasteiger partial charge in [0, 0.05) is 11.8 Å². The van der Waals surface area contributed by atoms with Crippen LogP contribution in [-0.2, 0) is 6.42 Å². The lowest BCUT2D eigenvalue weighted by Gasteiger charge is -1.99. The number of nitrogens with zero attached hydrogens (tertiary/aromatic N) is 4. The summed E-state index contributed by atoms with van der Waals surface area (Å²) in [6.07, 6.45) is 4.55. The van der Waals surface area contributed by atoms with Gasteiger partial charge in [-0.25, -0.2) is 9.67 Å². The van der Waals surface area contributed by atoms with Gasteiger partial charge in [-0.05, 0) is 18.6 Å². The van der Waals surface area contributed by atoms with Crippen molar-refractivity contribution >= 4 is 6.29 Å². The number of carbonyl (C=O) groups excluding carboxylic acids is 1. The van der Waals surface area contributed by atoms with Crippen LogP contribution in [0.1, 0.15) is 28.5 Å². The third kappa shape index (κ3) is 2.06. The Morgan fingerprint density at radius 1 is 1.53 bits per heavy atom. The highest BCUT2D eigenvalue weighted by Crippen LogP contribution is 2.10. The fraction of sp³-hybridized carbons (Fsp3) is 0.167. The van der Waals surface area contributed by atoms with E-state index in [1.807, 2.05) is 6.92 Å². The van der Waals surface area contributed by atoms with Crippen molar-refractivity contribution in [2.24, 2.45) is 0 Å². The van der Waals surface area contributed by atoms with Gasteiger partial charge in [-0.3, -0.25) is 4.79 Å². The second-order valence-electron chi connectivity index (χ2n) is 3.47. The minimum atomic E-state index is 0.511. The summed E-state index contributed by atoms with van der Waals surface area (Å²) >= 11 is 0. The third-order valence-electron chi connectivity index (χ3n) is 2.39. The molecule has 0 atom stereocenters. The first kappa shape index (κ1) is 11.0. The highest BCUT2D eigenvalue weighted by Gasteiger charge is 2.08. The zero-order valence-corrected chi connectivity index (χ0v) is 9.29. The second-order valence-corrected chi connectivity index (χ2v) is 3.47. The number of hydrogen-bond acceptors (Lipinski definition) is 4. The molecule has 0 bridgehead atoms. The van der Waals surface area contributed by atoms with E-state index in [0.717, 1.165) is 12.0 Å². The molecule has 2 aromatic heterocycles. The Morgan fingerprint density at radius 3 is 2.82 bits per heavy atom. The summed E-state index contributed by atoms with van der Waals surface area (Å²) < 4.78 is 1.55. The summed E-state index contributed by atoms with van der Waals surface area (Å²) in [7, 11) is 0. The highest BCUT2D eigenvalue weighted by molar-refractivity contribution is 5.74. The van der Waals surface area contributed by atoms with Gasteiger partial charge in [0.15, 0.2) is 12.1 Å². The van der Waals surface area contributed by atoms with E-state index in [1.165, 1.54) is 6.20 Å². The first-order valence-electron chi connectivity index (χ1n) is 5.18. The van der Waals surface area contributed by atoms with Gasteiger partial charge in [-0.2, -0.15) is 10.4 Å². The molecule has 5 nitrogen and oxygen atoms in total. The molecular formula is C12H10N4O.